The van der Waals surface area contributed by atoms with Crippen LogP contribution in [0.5, 0.6) is 5.75 Å². The van der Waals surface area contributed by atoms with Crippen molar-refractivity contribution in [3.05, 3.63) is 58.1 Å². The minimum Gasteiger partial charge on any atom is -0.489 e. The number of aryl methyl sites for hydroxylation is 1. The highest BCUT2D eigenvalue weighted by atomic mass is 79.9. The maximum atomic E-state index is 5.89. The number of thiocarbonyl (C=S) groups is 1. The Morgan fingerprint density at radius 2 is 1.90 bits per heavy atom. The Kier molecular flexibility index (Phi) is 4.56. The molecule has 1 heterocycles. The molecule has 0 aromatic heterocycles. The first kappa shape index (κ1) is 14.5. The van der Waals surface area contributed by atoms with E-state index < -0.39 is 0 Å². The highest BCUT2D eigenvalue weighted by molar-refractivity contribution is 9.10. The molecule has 2 nitrogen and oxygen atoms in total. The van der Waals surface area contributed by atoms with Gasteiger partial charge in [-0.3, -0.25) is 0 Å². The molecule has 0 spiro atoms. The molecule has 0 atom stereocenters. The van der Waals surface area contributed by atoms with Gasteiger partial charge in [0.25, 0.3) is 0 Å². The smallest absolute Gasteiger partial charge is 0.120 e. The average molecular weight is 362 g/mol. The van der Waals surface area contributed by atoms with Gasteiger partial charge in [-0.1, -0.05) is 40.3 Å². The molecule has 2 aromatic carbocycles. The predicted octanol–water partition coefficient (Wildman–Crippen LogP) is 5.10. The molecule has 1 aliphatic rings. The number of ether oxygens (including phenoxy) is 1. The van der Waals surface area contributed by atoms with Crippen molar-refractivity contribution in [2.75, 3.05) is 5.32 Å². The highest BCUT2D eigenvalue weighted by Crippen LogP contribution is 2.27. The van der Waals surface area contributed by atoms with E-state index in [2.05, 4.69) is 45.5 Å². The molecular formula is C17H16BrNOS. The van der Waals surface area contributed by atoms with Crippen LogP contribution in [0.1, 0.15) is 24.0 Å². The Bertz CT molecular complexity index is 654. The maximum Gasteiger partial charge on any atom is 0.120 e. The van der Waals surface area contributed by atoms with Crippen LogP contribution < -0.4 is 10.1 Å². The molecule has 2 aromatic rings. The van der Waals surface area contributed by atoms with Crippen LogP contribution in [0.4, 0.5) is 5.69 Å². The quantitative estimate of drug-likeness (QED) is 0.768. The van der Waals surface area contributed by atoms with E-state index in [1.165, 1.54) is 5.56 Å². The van der Waals surface area contributed by atoms with E-state index in [0.29, 0.717) is 6.61 Å². The highest BCUT2D eigenvalue weighted by Gasteiger charge is 2.11. The van der Waals surface area contributed by atoms with Crippen molar-refractivity contribution in [2.24, 2.45) is 0 Å². The number of anilines is 1. The lowest BCUT2D eigenvalue weighted by atomic mass is 10.1. The minimum absolute atomic E-state index is 0.581. The third kappa shape index (κ3) is 3.83. The number of rotatable bonds is 3. The van der Waals surface area contributed by atoms with Crippen LogP contribution in [-0.4, -0.2) is 4.99 Å². The van der Waals surface area contributed by atoms with Crippen molar-refractivity contribution < 1.29 is 4.74 Å². The van der Waals surface area contributed by atoms with Crippen molar-refractivity contribution in [2.45, 2.75) is 25.9 Å². The van der Waals surface area contributed by atoms with Crippen LogP contribution >= 0.6 is 28.1 Å². The van der Waals surface area contributed by atoms with Gasteiger partial charge in [-0.25, -0.2) is 0 Å². The van der Waals surface area contributed by atoms with E-state index >= 15 is 0 Å². The second kappa shape index (κ2) is 6.58. The zero-order chi connectivity index (χ0) is 14.7. The third-order valence-corrected chi connectivity index (χ3v) is 4.35. The summed E-state index contributed by atoms with van der Waals surface area (Å²) in [6.07, 6.45) is 3.09. The lowest BCUT2D eigenvalue weighted by Gasteiger charge is -2.11. The normalized spacial score (nSPS) is 14.0. The van der Waals surface area contributed by atoms with Crippen molar-refractivity contribution in [3.63, 3.8) is 0 Å². The third-order valence-electron chi connectivity index (χ3n) is 3.52. The van der Waals surface area contributed by atoms with E-state index in [4.69, 9.17) is 17.0 Å². The van der Waals surface area contributed by atoms with Crippen LogP contribution in [0, 0.1) is 0 Å². The Hall–Kier alpha value is -1.39. The van der Waals surface area contributed by atoms with Gasteiger partial charge < -0.3 is 10.1 Å². The van der Waals surface area contributed by atoms with E-state index in [1.807, 2.05) is 18.2 Å². The zero-order valence-electron chi connectivity index (χ0n) is 11.6. The van der Waals surface area contributed by atoms with Crippen LogP contribution in [-0.2, 0) is 13.0 Å². The predicted molar refractivity (Wildman–Crippen MR) is 94.1 cm³/mol. The number of hydrogen-bond donors (Lipinski definition) is 1. The maximum absolute atomic E-state index is 5.89. The van der Waals surface area contributed by atoms with Gasteiger partial charge in [0.05, 0.1) is 4.99 Å². The van der Waals surface area contributed by atoms with Crippen LogP contribution in [0.2, 0.25) is 0 Å². The molecule has 0 unspecified atom stereocenters. The molecule has 108 valence electrons. The van der Waals surface area contributed by atoms with E-state index in [1.54, 1.807) is 0 Å². The SMILES string of the molecule is S=C1CCCc2cc(OCc3ccc(Br)cc3)ccc2N1. The van der Waals surface area contributed by atoms with E-state index in [9.17, 15) is 0 Å². The van der Waals surface area contributed by atoms with Crippen molar-refractivity contribution >= 4 is 38.8 Å². The van der Waals surface area contributed by atoms with Crippen LogP contribution in [0.25, 0.3) is 0 Å². The van der Waals surface area contributed by atoms with Crippen molar-refractivity contribution in [3.8, 4) is 5.75 Å². The molecule has 0 amide bonds. The van der Waals surface area contributed by atoms with Gasteiger partial charge in [0.1, 0.15) is 12.4 Å². The number of nitrogens with one attached hydrogen (secondary N) is 1. The summed E-state index contributed by atoms with van der Waals surface area (Å²) < 4.78 is 6.97. The van der Waals surface area contributed by atoms with Gasteiger partial charge >= 0.3 is 0 Å². The number of fused-ring (bicyclic) bond motifs is 1. The molecule has 3 rings (SSSR count). The zero-order valence-corrected chi connectivity index (χ0v) is 14.0. The molecule has 1 aliphatic heterocycles. The largest absolute Gasteiger partial charge is 0.489 e. The van der Waals surface area contributed by atoms with E-state index in [-0.39, 0.29) is 0 Å². The summed E-state index contributed by atoms with van der Waals surface area (Å²) in [4.78, 5) is 0.928. The lowest BCUT2D eigenvalue weighted by molar-refractivity contribution is 0.306. The van der Waals surface area contributed by atoms with Gasteiger partial charge in [0.15, 0.2) is 0 Å². The summed E-state index contributed by atoms with van der Waals surface area (Å²) in [7, 11) is 0. The second-order valence-electron chi connectivity index (χ2n) is 5.14. The molecule has 0 saturated heterocycles. The molecule has 0 bridgehead atoms. The summed E-state index contributed by atoms with van der Waals surface area (Å²) in [6.45, 7) is 0.581. The summed E-state index contributed by atoms with van der Waals surface area (Å²) in [5.41, 5.74) is 3.56. The summed E-state index contributed by atoms with van der Waals surface area (Å²) in [6, 6.07) is 14.4. The first-order valence-electron chi connectivity index (χ1n) is 7.01. The minimum atomic E-state index is 0.581. The van der Waals surface area contributed by atoms with Gasteiger partial charge in [-0.2, -0.15) is 0 Å². The molecule has 0 aliphatic carbocycles. The van der Waals surface area contributed by atoms with E-state index in [0.717, 1.165) is 45.7 Å². The Balaban J connectivity index is 1.70. The lowest BCUT2D eigenvalue weighted by Crippen LogP contribution is -2.06. The summed E-state index contributed by atoms with van der Waals surface area (Å²) in [5.74, 6) is 0.909. The number of halogens is 1. The Morgan fingerprint density at radius 1 is 1.10 bits per heavy atom. The van der Waals surface area contributed by atoms with Crippen LogP contribution in [0.3, 0.4) is 0 Å². The molecule has 4 heteroatoms. The first-order chi connectivity index (χ1) is 10.2. The molecule has 0 radical (unpaired) electrons. The average Bonchev–Trinajstić information content (AvgIpc) is 2.67. The molecule has 0 fully saturated rings. The molecule has 1 N–H and O–H groups in total. The van der Waals surface area contributed by atoms with Crippen molar-refractivity contribution in [1.29, 1.82) is 0 Å². The monoisotopic (exact) mass is 361 g/mol. The fraction of sp³-hybridized carbons (Fsp3) is 0.235. The van der Waals surface area contributed by atoms with Crippen molar-refractivity contribution in [1.82, 2.24) is 0 Å². The molecule has 21 heavy (non-hydrogen) atoms. The standard InChI is InChI=1S/C17H16BrNOS/c18-14-6-4-12(5-7-14)11-20-15-8-9-16-13(10-15)2-1-3-17(21)19-16/h4-10H,1-3,11H2,(H,19,21). The van der Waals surface area contributed by atoms with Gasteiger partial charge in [-0.05, 0) is 60.7 Å². The number of hydrogen-bond acceptors (Lipinski definition) is 2. The Labute approximate surface area is 138 Å². The Morgan fingerprint density at radius 3 is 2.71 bits per heavy atom. The molecule has 0 saturated carbocycles. The topological polar surface area (TPSA) is 21.3 Å². The molecular weight excluding hydrogens is 346 g/mol. The number of benzene rings is 2. The summed E-state index contributed by atoms with van der Waals surface area (Å²) >= 11 is 8.72. The van der Waals surface area contributed by atoms with Gasteiger partial charge in [0.2, 0.25) is 0 Å². The fourth-order valence-electron chi connectivity index (χ4n) is 2.39. The van der Waals surface area contributed by atoms with Crippen LogP contribution in [0.15, 0.2) is 46.9 Å². The van der Waals surface area contributed by atoms with Gasteiger partial charge in [0, 0.05) is 10.2 Å². The fourth-order valence-corrected chi connectivity index (χ4v) is 2.91. The summed E-state index contributed by atoms with van der Waals surface area (Å²) in [5, 5.41) is 3.30. The van der Waals surface area contributed by atoms with Gasteiger partial charge in [-0.15, -0.1) is 0 Å². The first-order valence-corrected chi connectivity index (χ1v) is 8.21. The second-order valence-corrected chi connectivity index (χ2v) is 6.54.